The number of benzene rings is 1. The van der Waals surface area contributed by atoms with Crippen LogP contribution in [-0.4, -0.2) is 47.0 Å². The van der Waals surface area contributed by atoms with Crippen molar-refractivity contribution in [2.75, 3.05) is 31.2 Å². The van der Waals surface area contributed by atoms with E-state index in [4.69, 9.17) is 4.74 Å². The van der Waals surface area contributed by atoms with Crippen LogP contribution in [0.3, 0.4) is 0 Å². The molecule has 0 atom stereocenters. The average molecular weight is 386 g/mol. The van der Waals surface area contributed by atoms with Crippen LogP contribution in [0.5, 0.6) is 0 Å². The first-order valence-corrected chi connectivity index (χ1v) is 8.68. The zero-order valence-electron chi connectivity index (χ0n) is 14.5. The molecule has 1 aliphatic carbocycles. The van der Waals surface area contributed by atoms with Gasteiger partial charge in [0.05, 0.1) is 24.3 Å². The van der Waals surface area contributed by atoms with Gasteiger partial charge in [-0.2, -0.15) is 13.2 Å². The van der Waals surface area contributed by atoms with Crippen molar-refractivity contribution in [1.82, 2.24) is 15.0 Å². The molecule has 2 aliphatic rings. The fraction of sp³-hybridized carbons (Fsp3) is 0.263. The van der Waals surface area contributed by atoms with Crippen LogP contribution in [0.25, 0.3) is 22.0 Å². The van der Waals surface area contributed by atoms with Crippen molar-refractivity contribution in [1.29, 1.82) is 0 Å². The minimum absolute atomic E-state index is 0.233. The van der Waals surface area contributed by atoms with E-state index < -0.39 is 17.8 Å². The first-order chi connectivity index (χ1) is 13.4. The molecule has 2 aromatic heterocycles. The van der Waals surface area contributed by atoms with Crippen molar-refractivity contribution < 1.29 is 22.7 Å². The summed E-state index contributed by atoms with van der Waals surface area (Å²) in [6.07, 6.45) is -2.24. The summed E-state index contributed by atoms with van der Waals surface area (Å²) in [6, 6.07) is 5.69. The molecule has 28 heavy (non-hydrogen) atoms. The van der Waals surface area contributed by atoms with E-state index in [9.17, 15) is 18.0 Å². The monoisotopic (exact) mass is 386 g/mol. The Morgan fingerprint density at radius 3 is 2.54 bits per heavy atom. The summed E-state index contributed by atoms with van der Waals surface area (Å²) in [6.45, 7) is 2.72. The molecule has 1 saturated heterocycles. The maximum Gasteiger partial charge on any atom is 0.451 e. The van der Waals surface area contributed by atoms with Gasteiger partial charge in [-0.3, -0.25) is 9.78 Å². The van der Waals surface area contributed by atoms with Crippen molar-refractivity contribution in [3.63, 3.8) is 0 Å². The van der Waals surface area contributed by atoms with Crippen molar-refractivity contribution in [2.45, 2.75) is 6.18 Å². The summed E-state index contributed by atoms with van der Waals surface area (Å²) in [5.41, 5.74) is 2.45. The van der Waals surface area contributed by atoms with Gasteiger partial charge in [-0.05, 0) is 18.2 Å². The SMILES string of the molecule is O=C1c2cnc3ccc(N4CCOCC4)cc3c2-c2cnc(C(F)(F)F)nc21. The molecule has 142 valence electrons. The number of nitrogens with zero attached hydrogens (tertiary/aromatic N) is 4. The topological polar surface area (TPSA) is 68.2 Å². The van der Waals surface area contributed by atoms with E-state index in [-0.39, 0.29) is 11.3 Å². The van der Waals surface area contributed by atoms with Crippen molar-refractivity contribution in [3.8, 4) is 11.1 Å². The average Bonchev–Trinajstić information content (AvgIpc) is 3.00. The molecular formula is C19H13F3N4O2. The van der Waals surface area contributed by atoms with Crippen molar-refractivity contribution in [3.05, 3.63) is 47.7 Å². The van der Waals surface area contributed by atoms with Crippen LogP contribution in [0.2, 0.25) is 0 Å². The highest BCUT2D eigenvalue weighted by molar-refractivity contribution is 6.24. The lowest BCUT2D eigenvalue weighted by atomic mass is 10.0. The third kappa shape index (κ3) is 2.54. The fourth-order valence-electron chi connectivity index (χ4n) is 3.66. The Morgan fingerprint density at radius 1 is 1.04 bits per heavy atom. The molecule has 0 unspecified atom stereocenters. The number of anilines is 1. The van der Waals surface area contributed by atoms with E-state index in [0.29, 0.717) is 35.2 Å². The second-order valence-electron chi connectivity index (χ2n) is 6.63. The lowest BCUT2D eigenvalue weighted by Gasteiger charge is -2.29. The minimum atomic E-state index is -4.71. The third-order valence-corrected chi connectivity index (χ3v) is 5.00. The summed E-state index contributed by atoms with van der Waals surface area (Å²) >= 11 is 0. The predicted molar refractivity (Wildman–Crippen MR) is 94.2 cm³/mol. The molecule has 3 aromatic rings. The summed E-state index contributed by atoms with van der Waals surface area (Å²) in [4.78, 5) is 26.1. The highest BCUT2D eigenvalue weighted by Gasteiger charge is 2.38. The van der Waals surface area contributed by atoms with Crippen LogP contribution in [0.4, 0.5) is 18.9 Å². The van der Waals surface area contributed by atoms with Gasteiger partial charge in [0.25, 0.3) is 0 Å². The third-order valence-electron chi connectivity index (χ3n) is 5.00. The lowest BCUT2D eigenvalue weighted by molar-refractivity contribution is -0.145. The molecule has 0 saturated carbocycles. The molecule has 0 spiro atoms. The molecule has 6 nitrogen and oxygen atoms in total. The summed E-state index contributed by atoms with van der Waals surface area (Å²) in [5, 5.41) is 0.692. The quantitative estimate of drug-likeness (QED) is 0.501. The van der Waals surface area contributed by atoms with Crippen LogP contribution < -0.4 is 4.90 Å². The zero-order chi connectivity index (χ0) is 19.5. The smallest absolute Gasteiger partial charge is 0.378 e. The fourth-order valence-corrected chi connectivity index (χ4v) is 3.66. The number of alkyl halides is 3. The Hall–Kier alpha value is -3.07. The van der Waals surface area contributed by atoms with Gasteiger partial charge in [-0.25, -0.2) is 9.97 Å². The Labute approximate surface area is 157 Å². The van der Waals surface area contributed by atoms with E-state index in [2.05, 4.69) is 19.9 Å². The number of pyridine rings is 1. The Bertz CT molecular complexity index is 1120. The van der Waals surface area contributed by atoms with Crippen molar-refractivity contribution >= 4 is 22.4 Å². The second kappa shape index (κ2) is 5.96. The number of fused-ring (bicyclic) bond motifs is 5. The molecule has 3 heterocycles. The number of aromatic nitrogens is 3. The van der Waals surface area contributed by atoms with Gasteiger partial charge in [-0.15, -0.1) is 0 Å². The van der Waals surface area contributed by atoms with Gasteiger partial charge in [0.2, 0.25) is 11.6 Å². The molecule has 1 aliphatic heterocycles. The molecule has 0 amide bonds. The van der Waals surface area contributed by atoms with Gasteiger partial charge < -0.3 is 9.64 Å². The number of morpholine rings is 1. The Balaban J connectivity index is 1.70. The van der Waals surface area contributed by atoms with Crippen molar-refractivity contribution in [2.24, 2.45) is 0 Å². The highest BCUT2D eigenvalue weighted by Crippen LogP contribution is 2.41. The molecule has 0 N–H and O–H groups in total. The molecule has 1 fully saturated rings. The molecule has 5 rings (SSSR count). The van der Waals surface area contributed by atoms with Gasteiger partial charge in [-0.1, -0.05) is 0 Å². The van der Waals surface area contributed by atoms with Crippen LogP contribution in [-0.2, 0) is 10.9 Å². The molecule has 0 radical (unpaired) electrons. The normalized spacial score (nSPS) is 16.4. The van der Waals surface area contributed by atoms with E-state index in [1.165, 1.54) is 6.20 Å². The van der Waals surface area contributed by atoms with Gasteiger partial charge in [0.15, 0.2) is 0 Å². The van der Waals surface area contributed by atoms with Gasteiger partial charge in [0.1, 0.15) is 5.69 Å². The molecule has 9 heteroatoms. The summed E-state index contributed by atoms with van der Waals surface area (Å²) in [5.74, 6) is -1.89. The van der Waals surface area contributed by atoms with E-state index in [0.717, 1.165) is 25.0 Å². The number of hydrogen-bond acceptors (Lipinski definition) is 6. The van der Waals surface area contributed by atoms with E-state index in [1.807, 2.05) is 18.2 Å². The summed E-state index contributed by atoms with van der Waals surface area (Å²) < 4.78 is 44.3. The van der Waals surface area contributed by atoms with Crippen LogP contribution in [0.15, 0.2) is 30.6 Å². The van der Waals surface area contributed by atoms with Gasteiger partial charge >= 0.3 is 6.18 Å². The molecule has 1 aromatic carbocycles. The Kier molecular flexibility index (Phi) is 3.63. The molecule has 0 bridgehead atoms. The number of hydrogen-bond donors (Lipinski definition) is 0. The number of ketones is 1. The largest absolute Gasteiger partial charge is 0.451 e. The zero-order valence-corrected chi connectivity index (χ0v) is 14.5. The maximum atomic E-state index is 13.0. The number of halogens is 3. The first-order valence-electron chi connectivity index (χ1n) is 8.68. The van der Waals surface area contributed by atoms with E-state index in [1.54, 1.807) is 0 Å². The maximum absolute atomic E-state index is 13.0. The molecular weight excluding hydrogens is 373 g/mol. The Morgan fingerprint density at radius 2 is 1.79 bits per heavy atom. The standard InChI is InChI=1S/C19H13F3N4O2/c20-19(21,22)18-24-8-12-15-11-7-10(26-3-5-28-6-4-26)1-2-14(11)23-9-13(15)17(27)16(12)25-18/h1-2,7-9H,3-6H2. The highest BCUT2D eigenvalue weighted by atomic mass is 19.4. The van der Waals surface area contributed by atoms with E-state index >= 15 is 0 Å². The summed E-state index contributed by atoms with van der Waals surface area (Å²) in [7, 11) is 0. The van der Waals surface area contributed by atoms with Crippen LogP contribution >= 0.6 is 0 Å². The van der Waals surface area contributed by atoms with Crippen LogP contribution in [0, 0.1) is 0 Å². The first kappa shape index (κ1) is 17.1. The number of ether oxygens (including phenoxy) is 1. The predicted octanol–water partition coefficient (Wildman–Crippen LogP) is 3.09. The van der Waals surface area contributed by atoms with Crippen LogP contribution in [0.1, 0.15) is 21.9 Å². The number of rotatable bonds is 1. The van der Waals surface area contributed by atoms with Gasteiger partial charge in [0, 0.05) is 47.7 Å². The number of carbonyl (C=O) groups is 1. The number of carbonyl (C=O) groups excluding carboxylic acids is 1. The second-order valence-corrected chi connectivity index (χ2v) is 6.63. The lowest BCUT2D eigenvalue weighted by Crippen LogP contribution is -2.36. The minimum Gasteiger partial charge on any atom is -0.378 e.